The highest BCUT2D eigenvalue weighted by molar-refractivity contribution is 5.82. The van der Waals surface area contributed by atoms with Crippen molar-refractivity contribution in [3.8, 4) is 5.75 Å². The molecule has 0 amide bonds. The van der Waals surface area contributed by atoms with Gasteiger partial charge in [-0.2, -0.15) is 13.9 Å². The second-order valence-electron chi connectivity index (χ2n) is 4.70. The average molecular weight is 305 g/mol. The summed E-state index contributed by atoms with van der Waals surface area (Å²) >= 11 is 0. The van der Waals surface area contributed by atoms with E-state index in [0.29, 0.717) is 5.82 Å². The lowest BCUT2D eigenvalue weighted by molar-refractivity contribution is -0.0498. The third-order valence-corrected chi connectivity index (χ3v) is 2.95. The Balaban J connectivity index is 1.81. The molecular formula is C16H17F2N3O. The molecule has 1 N–H and O–H groups in total. The van der Waals surface area contributed by atoms with Gasteiger partial charge >= 0.3 is 6.61 Å². The smallest absolute Gasteiger partial charge is 0.387 e. The molecule has 0 atom stereocenters. The highest BCUT2D eigenvalue weighted by atomic mass is 19.3. The van der Waals surface area contributed by atoms with E-state index < -0.39 is 6.61 Å². The number of anilines is 1. The van der Waals surface area contributed by atoms with E-state index >= 15 is 0 Å². The van der Waals surface area contributed by atoms with E-state index in [0.717, 1.165) is 24.1 Å². The van der Waals surface area contributed by atoms with Crippen LogP contribution in [0, 0.1) is 0 Å². The SMILES string of the molecule is C/C(CCc1ccc(OC(F)F)cc1)=N/Nc1ccccn1. The highest BCUT2D eigenvalue weighted by Crippen LogP contribution is 2.16. The zero-order valence-electron chi connectivity index (χ0n) is 12.2. The van der Waals surface area contributed by atoms with Gasteiger partial charge in [-0.05, 0) is 49.6 Å². The number of ether oxygens (including phenoxy) is 1. The maximum absolute atomic E-state index is 12.0. The van der Waals surface area contributed by atoms with Gasteiger partial charge in [0, 0.05) is 11.9 Å². The number of benzene rings is 1. The number of alkyl halides is 2. The van der Waals surface area contributed by atoms with Crippen LogP contribution < -0.4 is 10.2 Å². The summed E-state index contributed by atoms with van der Waals surface area (Å²) in [6, 6.07) is 12.2. The van der Waals surface area contributed by atoms with Gasteiger partial charge in [0.2, 0.25) is 0 Å². The van der Waals surface area contributed by atoms with Crippen molar-refractivity contribution in [2.75, 3.05) is 5.43 Å². The van der Waals surface area contributed by atoms with Crippen LogP contribution in [0.25, 0.3) is 0 Å². The summed E-state index contributed by atoms with van der Waals surface area (Å²) in [6.45, 7) is -0.873. The first-order valence-corrected chi connectivity index (χ1v) is 6.87. The van der Waals surface area contributed by atoms with Crippen LogP contribution >= 0.6 is 0 Å². The topological polar surface area (TPSA) is 46.5 Å². The Morgan fingerprint density at radius 1 is 1.23 bits per heavy atom. The number of pyridine rings is 1. The number of hydrogen-bond acceptors (Lipinski definition) is 4. The van der Waals surface area contributed by atoms with Crippen LogP contribution in [0.3, 0.4) is 0 Å². The predicted molar refractivity (Wildman–Crippen MR) is 82.4 cm³/mol. The van der Waals surface area contributed by atoms with Gasteiger partial charge < -0.3 is 4.74 Å². The molecular weight excluding hydrogens is 288 g/mol. The van der Waals surface area contributed by atoms with Crippen LogP contribution in [0.4, 0.5) is 14.6 Å². The van der Waals surface area contributed by atoms with Crippen LogP contribution in [-0.4, -0.2) is 17.3 Å². The van der Waals surface area contributed by atoms with Crippen molar-refractivity contribution in [2.24, 2.45) is 5.10 Å². The first kappa shape index (κ1) is 15.9. The first-order chi connectivity index (χ1) is 10.6. The molecule has 0 spiro atoms. The molecule has 0 fully saturated rings. The van der Waals surface area contributed by atoms with Crippen LogP contribution in [0.1, 0.15) is 18.9 Å². The molecule has 1 aromatic heterocycles. The van der Waals surface area contributed by atoms with Gasteiger partial charge in [0.1, 0.15) is 11.6 Å². The Kier molecular flexibility index (Phi) is 5.82. The molecule has 0 aliphatic carbocycles. The van der Waals surface area contributed by atoms with Crippen molar-refractivity contribution in [3.63, 3.8) is 0 Å². The standard InChI is InChI=1S/C16H17F2N3O/c1-12(20-21-15-4-2-3-11-19-15)5-6-13-7-9-14(10-8-13)22-16(17)18/h2-4,7-11,16H,5-6H2,1H3,(H,19,21)/b20-12-. The second-order valence-corrected chi connectivity index (χ2v) is 4.70. The fraction of sp³-hybridized carbons (Fsp3) is 0.250. The molecule has 116 valence electrons. The molecule has 0 aliphatic rings. The Morgan fingerprint density at radius 2 is 2.00 bits per heavy atom. The summed E-state index contributed by atoms with van der Waals surface area (Å²) in [7, 11) is 0. The fourth-order valence-electron chi connectivity index (χ4n) is 1.80. The van der Waals surface area contributed by atoms with Crippen molar-refractivity contribution < 1.29 is 13.5 Å². The minimum Gasteiger partial charge on any atom is -0.435 e. The molecule has 0 saturated heterocycles. The number of rotatable bonds is 7. The van der Waals surface area contributed by atoms with E-state index in [-0.39, 0.29) is 5.75 Å². The number of aryl methyl sites for hydroxylation is 1. The van der Waals surface area contributed by atoms with Crippen LogP contribution in [0.5, 0.6) is 5.75 Å². The monoisotopic (exact) mass is 305 g/mol. The predicted octanol–water partition coefficient (Wildman–Crippen LogP) is 4.10. The number of halogens is 2. The molecule has 1 heterocycles. The largest absolute Gasteiger partial charge is 0.435 e. The molecule has 4 nitrogen and oxygen atoms in total. The van der Waals surface area contributed by atoms with Gasteiger partial charge in [-0.1, -0.05) is 18.2 Å². The van der Waals surface area contributed by atoms with E-state index in [1.165, 1.54) is 0 Å². The molecule has 0 unspecified atom stereocenters. The van der Waals surface area contributed by atoms with Gasteiger partial charge in [0.25, 0.3) is 0 Å². The van der Waals surface area contributed by atoms with E-state index in [1.807, 2.05) is 25.1 Å². The lowest BCUT2D eigenvalue weighted by Gasteiger charge is -2.06. The first-order valence-electron chi connectivity index (χ1n) is 6.87. The summed E-state index contributed by atoms with van der Waals surface area (Å²) < 4.78 is 28.4. The van der Waals surface area contributed by atoms with E-state index in [4.69, 9.17) is 0 Å². The van der Waals surface area contributed by atoms with Gasteiger partial charge in [0.15, 0.2) is 0 Å². The number of hydrogen-bond donors (Lipinski definition) is 1. The van der Waals surface area contributed by atoms with Crippen LogP contribution in [0.2, 0.25) is 0 Å². The minimum absolute atomic E-state index is 0.168. The lowest BCUT2D eigenvalue weighted by atomic mass is 10.1. The number of hydrazone groups is 1. The molecule has 0 saturated carbocycles. The average Bonchev–Trinajstić information content (AvgIpc) is 2.53. The lowest BCUT2D eigenvalue weighted by Crippen LogP contribution is -2.02. The van der Waals surface area contributed by atoms with Crippen molar-refractivity contribution >= 4 is 11.5 Å². The molecule has 6 heteroatoms. The quantitative estimate of drug-likeness (QED) is 0.618. The van der Waals surface area contributed by atoms with Gasteiger partial charge in [-0.15, -0.1) is 0 Å². The number of nitrogens with zero attached hydrogens (tertiary/aromatic N) is 2. The Bertz CT molecular complexity index is 601. The van der Waals surface area contributed by atoms with Crippen molar-refractivity contribution in [3.05, 3.63) is 54.2 Å². The van der Waals surface area contributed by atoms with E-state index in [1.54, 1.807) is 30.5 Å². The summed E-state index contributed by atoms with van der Waals surface area (Å²) in [5.41, 5.74) is 4.85. The van der Waals surface area contributed by atoms with Crippen molar-refractivity contribution in [1.82, 2.24) is 4.98 Å². The molecule has 0 bridgehead atoms. The Labute approximate surface area is 127 Å². The summed E-state index contributed by atoms with van der Waals surface area (Å²) in [6.07, 6.45) is 3.22. The van der Waals surface area contributed by atoms with Crippen molar-refractivity contribution in [2.45, 2.75) is 26.4 Å². The van der Waals surface area contributed by atoms with Gasteiger partial charge in [-0.25, -0.2) is 4.98 Å². The van der Waals surface area contributed by atoms with Crippen LogP contribution in [0.15, 0.2) is 53.8 Å². The third kappa shape index (κ3) is 5.47. The maximum Gasteiger partial charge on any atom is 0.387 e. The molecule has 0 radical (unpaired) electrons. The van der Waals surface area contributed by atoms with Gasteiger partial charge in [0.05, 0.1) is 0 Å². The summed E-state index contributed by atoms with van der Waals surface area (Å²) in [5, 5.41) is 4.25. The Hall–Kier alpha value is -2.50. The van der Waals surface area contributed by atoms with E-state index in [2.05, 4.69) is 20.2 Å². The normalized spacial score (nSPS) is 11.5. The third-order valence-electron chi connectivity index (χ3n) is 2.95. The van der Waals surface area contributed by atoms with E-state index in [9.17, 15) is 8.78 Å². The molecule has 2 rings (SSSR count). The zero-order chi connectivity index (χ0) is 15.8. The molecule has 2 aromatic rings. The zero-order valence-corrected chi connectivity index (χ0v) is 12.2. The second kappa shape index (κ2) is 8.07. The highest BCUT2D eigenvalue weighted by Gasteiger charge is 2.03. The number of nitrogens with one attached hydrogen (secondary N) is 1. The van der Waals surface area contributed by atoms with Crippen LogP contribution in [-0.2, 0) is 6.42 Å². The Morgan fingerprint density at radius 3 is 2.64 bits per heavy atom. The minimum atomic E-state index is -2.79. The van der Waals surface area contributed by atoms with Gasteiger partial charge in [-0.3, -0.25) is 5.43 Å². The summed E-state index contributed by atoms with van der Waals surface area (Å²) in [4.78, 5) is 4.11. The molecule has 0 aliphatic heterocycles. The van der Waals surface area contributed by atoms with Crippen molar-refractivity contribution in [1.29, 1.82) is 0 Å². The maximum atomic E-state index is 12.0. The summed E-state index contributed by atoms with van der Waals surface area (Å²) in [5.74, 6) is 0.858. The number of aromatic nitrogens is 1. The molecule has 22 heavy (non-hydrogen) atoms. The fourth-order valence-corrected chi connectivity index (χ4v) is 1.80. The molecule has 1 aromatic carbocycles.